The summed E-state index contributed by atoms with van der Waals surface area (Å²) in [6.07, 6.45) is 6.34. The molecule has 6 atom stereocenters. The van der Waals surface area contributed by atoms with E-state index in [1.807, 2.05) is 23.5 Å². The van der Waals surface area contributed by atoms with Crippen molar-refractivity contribution in [1.82, 2.24) is 31.6 Å². The molecule has 7 amide bonds. The number of urea groups is 2. The van der Waals surface area contributed by atoms with E-state index < -0.39 is 17.8 Å². The molecule has 5 heterocycles. The summed E-state index contributed by atoms with van der Waals surface area (Å²) in [7, 11) is 0. The maximum atomic E-state index is 11.7. The third-order valence-corrected chi connectivity index (χ3v) is 11.0. The average Bonchev–Trinajstić information content (AvgIpc) is 3.76. The molecule has 5 rings (SSSR count). The maximum Gasteiger partial charge on any atom is 0.333 e. The summed E-state index contributed by atoms with van der Waals surface area (Å²) in [5.41, 5.74) is 0. The van der Waals surface area contributed by atoms with Gasteiger partial charge in [-0.15, -0.1) is 5.06 Å². The van der Waals surface area contributed by atoms with Crippen LogP contribution in [0.5, 0.6) is 0 Å². The number of hydroxylamine groups is 2. The van der Waals surface area contributed by atoms with E-state index in [1.54, 1.807) is 0 Å². The summed E-state index contributed by atoms with van der Waals surface area (Å²) in [4.78, 5) is 73.1. The SMILES string of the molecule is O=C(CCCC[C@@H]1SC[C@@H]2NC(=O)N[C@@H]21)NCCS.O=C1N[C@H]2[C@H](CS[C@H]2CCCCC(=O)ON2C(=O)CCC2=O)N1. The normalized spacial score (nSPS) is 29.1. The monoisotopic (exact) mass is 644 g/mol. The molecular weight excluding hydrogens is 605 g/mol. The topological polar surface area (TPSA) is 175 Å². The molecule has 0 radical (unpaired) electrons. The van der Waals surface area contributed by atoms with Gasteiger partial charge in [0.05, 0.1) is 24.2 Å². The highest BCUT2D eigenvalue weighted by Crippen LogP contribution is 2.34. The van der Waals surface area contributed by atoms with Crippen LogP contribution in [0.1, 0.15) is 64.2 Å². The second-order valence-electron chi connectivity index (χ2n) is 10.9. The fourth-order valence-electron chi connectivity index (χ4n) is 5.62. The number of carbonyl (C=O) groups excluding carboxylic acids is 6. The van der Waals surface area contributed by atoms with Gasteiger partial charge in [0.2, 0.25) is 5.91 Å². The molecule has 5 aliphatic rings. The lowest BCUT2D eigenvalue weighted by atomic mass is 10.0. The van der Waals surface area contributed by atoms with Crippen molar-refractivity contribution in [2.24, 2.45) is 0 Å². The fraction of sp³-hybridized carbons (Fsp3) is 0.769. The predicted molar refractivity (Wildman–Crippen MR) is 162 cm³/mol. The van der Waals surface area contributed by atoms with Crippen molar-refractivity contribution in [1.29, 1.82) is 0 Å². The molecule has 16 heteroatoms. The van der Waals surface area contributed by atoms with Crippen molar-refractivity contribution >= 4 is 71.9 Å². The molecule has 0 unspecified atom stereocenters. The number of unbranched alkanes of at least 4 members (excludes halogenated alkanes) is 2. The Balaban J connectivity index is 0.000000197. The minimum atomic E-state index is -0.554. The molecule has 42 heavy (non-hydrogen) atoms. The zero-order chi connectivity index (χ0) is 30.1. The van der Waals surface area contributed by atoms with Crippen LogP contribution in [-0.2, 0) is 24.0 Å². The number of imide groups is 1. The Labute approximate surface area is 259 Å². The molecule has 5 fully saturated rings. The smallest absolute Gasteiger partial charge is 0.333 e. The van der Waals surface area contributed by atoms with Crippen LogP contribution < -0.4 is 26.6 Å². The van der Waals surface area contributed by atoms with Gasteiger partial charge in [0.1, 0.15) is 0 Å². The third-order valence-electron chi connectivity index (χ3n) is 7.77. The van der Waals surface area contributed by atoms with Crippen molar-refractivity contribution < 1.29 is 33.6 Å². The zero-order valence-corrected chi connectivity index (χ0v) is 26.0. The van der Waals surface area contributed by atoms with Gasteiger partial charge in [-0.3, -0.25) is 14.4 Å². The lowest BCUT2D eigenvalue weighted by Crippen LogP contribution is -2.36. The van der Waals surface area contributed by atoms with Crippen molar-refractivity contribution in [3.05, 3.63) is 0 Å². The summed E-state index contributed by atoms with van der Waals surface area (Å²) < 4.78 is 0. The largest absolute Gasteiger partial charge is 0.355 e. The van der Waals surface area contributed by atoms with Crippen LogP contribution in [-0.4, -0.2) is 99.3 Å². The molecule has 13 nitrogen and oxygen atoms in total. The Bertz CT molecular complexity index is 1020. The summed E-state index contributed by atoms with van der Waals surface area (Å²) in [6, 6.07) is 0.797. The van der Waals surface area contributed by atoms with E-state index >= 15 is 0 Å². The van der Waals surface area contributed by atoms with E-state index in [9.17, 15) is 28.8 Å². The summed E-state index contributed by atoms with van der Waals surface area (Å²) >= 11 is 7.80. The van der Waals surface area contributed by atoms with Gasteiger partial charge in [-0.25, -0.2) is 14.4 Å². The van der Waals surface area contributed by atoms with Crippen LogP contribution in [0.4, 0.5) is 9.59 Å². The molecule has 5 aliphatic heterocycles. The van der Waals surface area contributed by atoms with Gasteiger partial charge in [-0.2, -0.15) is 36.2 Å². The van der Waals surface area contributed by atoms with Crippen molar-refractivity contribution in [2.45, 2.75) is 98.9 Å². The Morgan fingerprint density at radius 3 is 1.86 bits per heavy atom. The second kappa shape index (κ2) is 15.9. The average molecular weight is 645 g/mol. The molecule has 0 aromatic carbocycles. The van der Waals surface area contributed by atoms with E-state index in [2.05, 4.69) is 39.2 Å². The molecule has 5 saturated heterocycles. The first kappa shape index (κ1) is 32.6. The number of thioether (sulfide) groups is 2. The number of hydrogen-bond donors (Lipinski definition) is 6. The standard InChI is InChI=1S/C14H19N3O5S.C12H21N3O2S2/c18-10-5-6-11(19)17(10)22-12(20)4-2-1-3-9-13-8(7-23-9)15-14(21)16-13;16-10(13-5-6-18)4-2-1-3-9-11-8(7-19-9)14-12(17)15-11/h8-9,13H,1-7H2,(H2,15,16,21);8-9,11,18H,1-7H2,(H,13,16)(H2,14,15,17)/t8-,9-,13-;8-,9-,11-/m00/s1. The second-order valence-corrected chi connectivity index (χ2v) is 13.8. The lowest BCUT2D eigenvalue weighted by molar-refractivity contribution is -0.197. The van der Waals surface area contributed by atoms with Gasteiger partial charge < -0.3 is 31.4 Å². The number of rotatable bonds is 13. The van der Waals surface area contributed by atoms with E-state index in [1.165, 1.54) is 0 Å². The number of hydrogen-bond acceptors (Lipinski definition) is 10. The first-order valence-electron chi connectivity index (χ1n) is 14.6. The van der Waals surface area contributed by atoms with Crippen LogP contribution in [0.2, 0.25) is 0 Å². The van der Waals surface area contributed by atoms with Crippen LogP contribution >= 0.6 is 36.2 Å². The molecular formula is C26H40N6O7S3. The van der Waals surface area contributed by atoms with Crippen LogP contribution in [0.3, 0.4) is 0 Å². The molecule has 5 N–H and O–H groups in total. The fourth-order valence-corrected chi connectivity index (χ4v) is 8.82. The predicted octanol–water partition coefficient (Wildman–Crippen LogP) is 1.08. The quantitative estimate of drug-likeness (QED) is 0.0742. The van der Waals surface area contributed by atoms with Gasteiger partial charge in [0.25, 0.3) is 11.8 Å². The van der Waals surface area contributed by atoms with Gasteiger partial charge >= 0.3 is 18.0 Å². The van der Waals surface area contributed by atoms with Crippen molar-refractivity contribution in [3.8, 4) is 0 Å². The highest BCUT2D eigenvalue weighted by molar-refractivity contribution is 8.00. The number of nitrogens with zero attached hydrogens (tertiary/aromatic N) is 1. The number of amides is 7. The number of fused-ring (bicyclic) bond motifs is 2. The van der Waals surface area contributed by atoms with Crippen molar-refractivity contribution in [2.75, 3.05) is 23.8 Å². The highest BCUT2D eigenvalue weighted by Gasteiger charge is 2.43. The van der Waals surface area contributed by atoms with Gasteiger partial charge in [-0.1, -0.05) is 12.8 Å². The summed E-state index contributed by atoms with van der Waals surface area (Å²) in [5.74, 6) is 1.23. The third kappa shape index (κ3) is 9.09. The van der Waals surface area contributed by atoms with Gasteiger partial charge in [0, 0.05) is 60.0 Å². The van der Waals surface area contributed by atoms with Crippen molar-refractivity contribution in [3.63, 3.8) is 0 Å². The van der Waals surface area contributed by atoms with Crippen LogP contribution in [0.25, 0.3) is 0 Å². The molecule has 0 aromatic heterocycles. The number of thiol groups is 1. The van der Waals surface area contributed by atoms with E-state index in [0.29, 0.717) is 46.7 Å². The molecule has 0 aliphatic carbocycles. The zero-order valence-electron chi connectivity index (χ0n) is 23.4. The number of carbonyl (C=O) groups is 6. The first-order valence-corrected chi connectivity index (χ1v) is 17.3. The molecule has 0 spiro atoms. The molecule has 234 valence electrons. The minimum absolute atomic E-state index is 0.0357. The van der Waals surface area contributed by atoms with E-state index in [4.69, 9.17) is 4.84 Å². The molecule has 0 bridgehead atoms. The minimum Gasteiger partial charge on any atom is -0.355 e. The Kier molecular flexibility index (Phi) is 12.4. The first-order chi connectivity index (χ1) is 20.2. The summed E-state index contributed by atoms with van der Waals surface area (Å²) in [5, 5.41) is 16.0. The van der Waals surface area contributed by atoms with Gasteiger partial charge in [-0.05, 0) is 25.7 Å². The Morgan fingerprint density at radius 2 is 1.33 bits per heavy atom. The van der Waals surface area contributed by atoms with Gasteiger partial charge in [0.15, 0.2) is 0 Å². The van der Waals surface area contributed by atoms with Crippen LogP contribution in [0.15, 0.2) is 0 Å². The maximum absolute atomic E-state index is 11.7. The number of nitrogens with one attached hydrogen (secondary N) is 5. The van der Waals surface area contributed by atoms with Crippen LogP contribution in [0, 0.1) is 0 Å². The highest BCUT2D eigenvalue weighted by atomic mass is 32.2. The summed E-state index contributed by atoms with van der Waals surface area (Å²) in [6.45, 7) is 0.641. The van der Waals surface area contributed by atoms with E-state index in [0.717, 1.165) is 43.6 Å². The molecule has 0 saturated carbocycles. The molecule has 0 aromatic rings. The Morgan fingerprint density at radius 1 is 0.810 bits per heavy atom. The Hall–Kier alpha value is -2.33. The lowest BCUT2D eigenvalue weighted by Gasteiger charge is -2.16. The van der Waals surface area contributed by atoms with E-state index in [-0.39, 0.29) is 55.4 Å².